The van der Waals surface area contributed by atoms with Crippen LogP contribution in [0.3, 0.4) is 0 Å². The summed E-state index contributed by atoms with van der Waals surface area (Å²) in [5.41, 5.74) is 1.88. The van der Waals surface area contributed by atoms with Crippen LogP contribution in [0.2, 0.25) is 0 Å². The molecule has 2 N–H and O–H groups in total. The van der Waals surface area contributed by atoms with Crippen LogP contribution in [0.4, 0.5) is 25.0 Å². The molecule has 8 heteroatoms. The van der Waals surface area contributed by atoms with Gasteiger partial charge in [0.1, 0.15) is 17.3 Å². The Kier molecular flexibility index (Phi) is 4.99. The zero-order chi connectivity index (χ0) is 20.4. The number of urea groups is 1. The first-order valence-electron chi connectivity index (χ1n) is 8.98. The van der Waals surface area contributed by atoms with Gasteiger partial charge in [-0.05, 0) is 53.9 Å². The SMILES string of the molecule is O=C(Nc1ccc2c(c1)CN(C(=O)c1ccco1)CC2)Nc1c(F)cccc1F. The van der Waals surface area contributed by atoms with Crippen molar-refractivity contribution in [1.82, 2.24) is 4.90 Å². The van der Waals surface area contributed by atoms with Crippen LogP contribution in [0.5, 0.6) is 0 Å². The van der Waals surface area contributed by atoms with Crippen LogP contribution >= 0.6 is 0 Å². The maximum atomic E-state index is 13.7. The van der Waals surface area contributed by atoms with E-state index in [0.717, 1.165) is 23.3 Å². The fraction of sp³-hybridized carbons (Fsp3) is 0.143. The molecule has 1 aromatic heterocycles. The highest BCUT2D eigenvalue weighted by molar-refractivity contribution is 6.00. The number of nitrogens with one attached hydrogen (secondary N) is 2. The maximum Gasteiger partial charge on any atom is 0.323 e. The van der Waals surface area contributed by atoms with Crippen molar-refractivity contribution in [1.29, 1.82) is 0 Å². The van der Waals surface area contributed by atoms with E-state index in [2.05, 4.69) is 10.6 Å². The molecule has 0 atom stereocenters. The minimum Gasteiger partial charge on any atom is -0.459 e. The number of carbonyl (C=O) groups is 2. The Morgan fingerprint density at radius 3 is 2.48 bits per heavy atom. The molecule has 6 nitrogen and oxygen atoms in total. The summed E-state index contributed by atoms with van der Waals surface area (Å²) in [5, 5.41) is 4.74. The van der Waals surface area contributed by atoms with E-state index >= 15 is 0 Å². The molecule has 2 heterocycles. The van der Waals surface area contributed by atoms with Gasteiger partial charge in [0, 0.05) is 18.8 Å². The van der Waals surface area contributed by atoms with E-state index in [-0.39, 0.29) is 11.7 Å². The van der Waals surface area contributed by atoms with Crippen molar-refractivity contribution < 1.29 is 22.8 Å². The number of para-hydroxylation sites is 1. The second-order valence-corrected chi connectivity index (χ2v) is 6.61. The Labute approximate surface area is 165 Å². The summed E-state index contributed by atoms with van der Waals surface area (Å²) < 4.78 is 32.5. The summed E-state index contributed by atoms with van der Waals surface area (Å²) in [6, 6.07) is 11.1. The monoisotopic (exact) mass is 397 g/mol. The van der Waals surface area contributed by atoms with Crippen molar-refractivity contribution >= 4 is 23.3 Å². The molecule has 0 spiro atoms. The largest absolute Gasteiger partial charge is 0.459 e. The van der Waals surface area contributed by atoms with Gasteiger partial charge in [-0.3, -0.25) is 4.79 Å². The second kappa shape index (κ2) is 7.75. The average Bonchev–Trinajstić information content (AvgIpc) is 3.24. The maximum absolute atomic E-state index is 13.7. The van der Waals surface area contributed by atoms with Gasteiger partial charge in [0.15, 0.2) is 5.76 Å². The highest BCUT2D eigenvalue weighted by Crippen LogP contribution is 2.24. The van der Waals surface area contributed by atoms with Gasteiger partial charge in [0.25, 0.3) is 5.91 Å². The molecule has 1 aliphatic rings. The Balaban J connectivity index is 1.46. The second-order valence-electron chi connectivity index (χ2n) is 6.61. The zero-order valence-electron chi connectivity index (χ0n) is 15.2. The van der Waals surface area contributed by atoms with Crippen molar-refractivity contribution in [3.63, 3.8) is 0 Å². The predicted octanol–water partition coefficient (Wildman–Crippen LogP) is 4.40. The lowest BCUT2D eigenvalue weighted by Crippen LogP contribution is -2.35. The van der Waals surface area contributed by atoms with E-state index in [4.69, 9.17) is 4.42 Å². The van der Waals surface area contributed by atoms with Gasteiger partial charge in [-0.2, -0.15) is 0 Å². The van der Waals surface area contributed by atoms with Gasteiger partial charge < -0.3 is 20.0 Å². The van der Waals surface area contributed by atoms with E-state index < -0.39 is 23.4 Å². The molecule has 0 fully saturated rings. The third kappa shape index (κ3) is 3.96. The van der Waals surface area contributed by atoms with Crippen molar-refractivity contribution in [3.8, 4) is 0 Å². The van der Waals surface area contributed by atoms with Crippen molar-refractivity contribution in [2.75, 3.05) is 17.2 Å². The lowest BCUT2D eigenvalue weighted by molar-refractivity contribution is 0.0702. The number of fused-ring (bicyclic) bond motifs is 1. The molecule has 0 bridgehead atoms. The van der Waals surface area contributed by atoms with E-state index in [1.165, 1.54) is 12.3 Å². The van der Waals surface area contributed by atoms with Gasteiger partial charge in [0.2, 0.25) is 0 Å². The lowest BCUT2D eigenvalue weighted by atomic mass is 9.99. The van der Waals surface area contributed by atoms with Gasteiger partial charge in [-0.1, -0.05) is 12.1 Å². The summed E-state index contributed by atoms with van der Waals surface area (Å²) in [4.78, 5) is 26.3. The molecular formula is C21H17F2N3O3. The number of halogens is 2. The number of anilines is 2. The van der Waals surface area contributed by atoms with Gasteiger partial charge >= 0.3 is 6.03 Å². The van der Waals surface area contributed by atoms with Crippen molar-refractivity contribution in [3.05, 3.63) is 83.3 Å². The number of amides is 3. The molecule has 3 amide bonds. The first-order chi connectivity index (χ1) is 14.0. The van der Waals surface area contributed by atoms with E-state index in [1.54, 1.807) is 29.2 Å². The van der Waals surface area contributed by atoms with Crippen LogP contribution in [-0.2, 0) is 13.0 Å². The first kappa shape index (κ1) is 18.7. The Morgan fingerprint density at radius 2 is 1.76 bits per heavy atom. The van der Waals surface area contributed by atoms with Crippen molar-refractivity contribution in [2.45, 2.75) is 13.0 Å². The number of rotatable bonds is 3. The molecular weight excluding hydrogens is 380 g/mol. The fourth-order valence-corrected chi connectivity index (χ4v) is 3.26. The van der Waals surface area contributed by atoms with Crippen LogP contribution in [0.15, 0.2) is 59.2 Å². The summed E-state index contributed by atoms with van der Waals surface area (Å²) in [5.74, 6) is -1.66. The van der Waals surface area contributed by atoms with Gasteiger partial charge in [-0.15, -0.1) is 0 Å². The smallest absolute Gasteiger partial charge is 0.323 e. The number of furan rings is 1. The summed E-state index contributed by atoms with van der Waals surface area (Å²) >= 11 is 0. The average molecular weight is 397 g/mol. The number of hydrogen-bond acceptors (Lipinski definition) is 3. The highest BCUT2D eigenvalue weighted by atomic mass is 19.1. The Bertz CT molecular complexity index is 1050. The number of hydrogen-bond donors (Lipinski definition) is 2. The standard InChI is InChI=1S/C21H17F2N3O3/c22-16-3-1-4-17(23)19(16)25-21(28)24-15-7-6-13-8-9-26(12-14(13)11-15)20(27)18-5-2-10-29-18/h1-7,10-11H,8-9,12H2,(H2,24,25,28). The molecule has 29 heavy (non-hydrogen) atoms. The van der Waals surface area contributed by atoms with Crippen LogP contribution in [0, 0.1) is 11.6 Å². The summed E-state index contributed by atoms with van der Waals surface area (Å²) in [6.07, 6.45) is 2.12. The van der Waals surface area contributed by atoms with Crippen LogP contribution in [0.25, 0.3) is 0 Å². The number of benzene rings is 2. The molecule has 148 valence electrons. The molecule has 0 aliphatic carbocycles. The normalized spacial score (nSPS) is 13.0. The molecule has 0 saturated heterocycles. The molecule has 3 aromatic rings. The first-order valence-corrected chi connectivity index (χ1v) is 8.98. The summed E-state index contributed by atoms with van der Waals surface area (Å²) in [7, 11) is 0. The number of carbonyl (C=O) groups excluding carboxylic acids is 2. The third-order valence-electron chi connectivity index (χ3n) is 4.70. The zero-order valence-corrected chi connectivity index (χ0v) is 15.2. The molecule has 0 unspecified atom stereocenters. The van der Waals surface area contributed by atoms with Crippen LogP contribution in [-0.4, -0.2) is 23.4 Å². The molecule has 2 aromatic carbocycles. The molecule has 0 radical (unpaired) electrons. The number of nitrogens with zero attached hydrogens (tertiary/aromatic N) is 1. The minimum absolute atomic E-state index is 0.202. The topological polar surface area (TPSA) is 74.6 Å². The molecule has 4 rings (SSSR count). The Hall–Kier alpha value is -3.68. The van der Waals surface area contributed by atoms with E-state index in [0.29, 0.717) is 25.2 Å². The van der Waals surface area contributed by atoms with Crippen molar-refractivity contribution in [2.24, 2.45) is 0 Å². The van der Waals surface area contributed by atoms with E-state index in [1.807, 2.05) is 6.07 Å². The third-order valence-corrected chi connectivity index (χ3v) is 4.70. The van der Waals surface area contributed by atoms with Crippen LogP contribution in [0.1, 0.15) is 21.7 Å². The van der Waals surface area contributed by atoms with E-state index in [9.17, 15) is 18.4 Å². The summed E-state index contributed by atoms with van der Waals surface area (Å²) in [6.45, 7) is 0.931. The predicted molar refractivity (Wildman–Crippen MR) is 103 cm³/mol. The van der Waals surface area contributed by atoms with Gasteiger partial charge in [-0.25, -0.2) is 13.6 Å². The molecule has 1 aliphatic heterocycles. The van der Waals surface area contributed by atoms with Crippen LogP contribution < -0.4 is 10.6 Å². The minimum atomic E-state index is -0.863. The molecule has 0 saturated carbocycles. The fourth-order valence-electron chi connectivity index (χ4n) is 3.26. The highest BCUT2D eigenvalue weighted by Gasteiger charge is 2.23. The quantitative estimate of drug-likeness (QED) is 0.688. The van der Waals surface area contributed by atoms with Gasteiger partial charge in [0.05, 0.1) is 6.26 Å². The Morgan fingerprint density at radius 1 is 0.966 bits per heavy atom. The lowest BCUT2D eigenvalue weighted by Gasteiger charge is -2.28.